The van der Waals surface area contributed by atoms with Gasteiger partial charge in [0.1, 0.15) is 17.5 Å². The van der Waals surface area contributed by atoms with E-state index in [4.69, 9.17) is 10.5 Å². The number of benzene rings is 1. The molecule has 0 fully saturated rings. The third kappa shape index (κ3) is 3.64. The molecule has 0 bridgehead atoms. The van der Waals surface area contributed by atoms with Gasteiger partial charge in [0.05, 0.1) is 18.4 Å². The topological polar surface area (TPSA) is 90.3 Å². The summed E-state index contributed by atoms with van der Waals surface area (Å²) in [4.78, 5) is 11.4. The molecular weight excluding hydrogens is 294 g/mol. The van der Waals surface area contributed by atoms with Gasteiger partial charge >= 0.3 is 5.97 Å². The van der Waals surface area contributed by atoms with Crippen LogP contribution in [0.25, 0.3) is 0 Å². The van der Waals surface area contributed by atoms with Crippen molar-refractivity contribution < 1.29 is 14.3 Å². The SMILES string of the molecule is COC(=O)c1ccc(Oc2c(N)cc(C#N)n2CC(C)C)cc1. The molecule has 0 aliphatic heterocycles. The van der Waals surface area contributed by atoms with Crippen LogP contribution in [0.2, 0.25) is 0 Å². The molecule has 23 heavy (non-hydrogen) atoms. The minimum atomic E-state index is -0.411. The second kappa shape index (κ2) is 6.88. The van der Waals surface area contributed by atoms with Crippen LogP contribution in [0.3, 0.4) is 0 Å². The first kappa shape index (κ1) is 16.4. The first-order valence-electron chi connectivity index (χ1n) is 7.21. The fourth-order valence-electron chi connectivity index (χ4n) is 2.19. The molecule has 0 unspecified atom stereocenters. The van der Waals surface area contributed by atoms with Crippen LogP contribution in [0.5, 0.6) is 11.6 Å². The normalized spacial score (nSPS) is 10.4. The summed E-state index contributed by atoms with van der Waals surface area (Å²) in [5.74, 6) is 0.877. The summed E-state index contributed by atoms with van der Waals surface area (Å²) < 4.78 is 12.2. The fraction of sp³-hybridized carbons (Fsp3) is 0.294. The monoisotopic (exact) mass is 313 g/mol. The smallest absolute Gasteiger partial charge is 0.337 e. The highest BCUT2D eigenvalue weighted by atomic mass is 16.5. The Labute approximate surface area is 135 Å². The highest BCUT2D eigenvalue weighted by Crippen LogP contribution is 2.32. The number of rotatable bonds is 5. The Morgan fingerprint density at radius 1 is 1.35 bits per heavy atom. The Balaban J connectivity index is 2.31. The van der Waals surface area contributed by atoms with Crippen molar-refractivity contribution in [1.82, 2.24) is 4.57 Å². The molecule has 1 heterocycles. The van der Waals surface area contributed by atoms with Gasteiger partial charge in [0, 0.05) is 12.6 Å². The zero-order valence-corrected chi connectivity index (χ0v) is 13.4. The third-order valence-corrected chi connectivity index (χ3v) is 3.23. The van der Waals surface area contributed by atoms with Gasteiger partial charge < -0.3 is 19.8 Å². The van der Waals surface area contributed by atoms with Crippen molar-refractivity contribution in [1.29, 1.82) is 5.26 Å². The molecule has 1 aromatic carbocycles. The van der Waals surface area contributed by atoms with Gasteiger partial charge in [-0.05, 0) is 30.2 Å². The molecule has 0 atom stereocenters. The van der Waals surface area contributed by atoms with E-state index >= 15 is 0 Å². The minimum Gasteiger partial charge on any atom is -0.465 e. The van der Waals surface area contributed by atoms with E-state index in [0.717, 1.165) is 0 Å². The molecule has 0 saturated heterocycles. The van der Waals surface area contributed by atoms with Crippen molar-refractivity contribution in [2.45, 2.75) is 20.4 Å². The van der Waals surface area contributed by atoms with E-state index in [-0.39, 0.29) is 0 Å². The van der Waals surface area contributed by atoms with Crippen LogP contribution in [0.4, 0.5) is 5.69 Å². The number of nitrogens with zero attached hydrogens (tertiary/aromatic N) is 2. The van der Waals surface area contributed by atoms with Crippen molar-refractivity contribution in [2.24, 2.45) is 5.92 Å². The lowest BCUT2D eigenvalue weighted by Gasteiger charge is -2.14. The molecule has 0 aliphatic carbocycles. The summed E-state index contributed by atoms with van der Waals surface area (Å²) in [6.07, 6.45) is 0. The largest absolute Gasteiger partial charge is 0.465 e. The van der Waals surface area contributed by atoms with Crippen LogP contribution in [-0.2, 0) is 11.3 Å². The van der Waals surface area contributed by atoms with E-state index in [1.54, 1.807) is 34.9 Å². The second-order valence-corrected chi connectivity index (χ2v) is 5.52. The Morgan fingerprint density at radius 3 is 2.52 bits per heavy atom. The summed E-state index contributed by atoms with van der Waals surface area (Å²) in [7, 11) is 1.33. The van der Waals surface area contributed by atoms with Crippen molar-refractivity contribution in [3.8, 4) is 17.7 Å². The van der Waals surface area contributed by atoms with Gasteiger partial charge in [-0.25, -0.2) is 4.79 Å². The number of hydrogen-bond acceptors (Lipinski definition) is 5. The average Bonchev–Trinajstić information content (AvgIpc) is 2.82. The lowest BCUT2D eigenvalue weighted by molar-refractivity contribution is 0.0600. The summed E-state index contributed by atoms with van der Waals surface area (Å²) in [6.45, 7) is 4.72. The lowest BCUT2D eigenvalue weighted by Crippen LogP contribution is -2.08. The first-order valence-corrected chi connectivity index (χ1v) is 7.21. The van der Waals surface area contributed by atoms with E-state index in [2.05, 4.69) is 10.8 Å². The van der Waals surface area contributed by atoms with Crippen molar-refractivity contribution in [2.75, 3.05) is 12.8 Å². The highest BCUT2D eigenvalue weighted by molar-refractivity contribution is 5.89. The number of carbonyl (C=O) groups excluding carboxylic acids is 1. The molecule has 1 aromatic heterocycles. The summed E-state index contributed by atoms with van der Waals surface area (Å²) in [5, 5.41) is 9.23. The number of nitriles is 1. The van der Waals surface area contributed by atoms with Gasteiger partial charge in [0.25, 0.3) is 0 Å². The van der Waals surface area contributed by atoms with Gasteiger partial charge in [0.2, 0.25) is 5.88 Å². The van der Waals surface area contributed by atoms with E-state index in [0.29, 0.717) is 41.0 Å². The number of hydrogen-bond donors (Lipinski definition) is 1. The van der Waals surface area contributed by atoms with E-state index in [1.807, 2.05) is 13.8 Å². The molecule has 2 rings (SSSR count). The Bertz CT molecular complexity index is 740. The number of esters is 1. The quantitative estimate of drug-likeness (QED) is 0.856. The van der Waals surface area contributed by atoms with Gasteiger partial charge in [-0.2, -0.15) is 5.26 Å². The summed E-state index contributed by atoms with van der Waals surface area (Å²) in [6, 6.07) is 10.3. The zero-order valence-electron chi connectivity index (χ0n) is 13.4. The number of carbonyl (C=O) groups is 1. The molecule has 120 valence electrons. The van der Waals surface area contributed by atoms with Crippen LogP contribution in [-0.4, -0.2) is 17.6 Å². The number of ether oxygens (including phenoxy) is 2. The van der Waals surface area contributed by atoms with Gasteiger partial charge in [-0.1, -0.05) is 13.8 Å². The Kier molecular flexibility index (Phi) is 4.91. The van der Waals surface area contributed by atoms with E-state index in [9.17, 15) is 10.1 Å². The lowest BCUT2D eigenvalue weighted by atomic mass is 10.2. The number of nitrogens with two attached hydrogens (primary N) is 1. The van der Waals surface area contributed by atoms with Crippen LogP contribution >= 0.6 is 0 Å². The summed E-state index contributed by atoms with van der Waals surface area (Å²) in [5.41, 5.74) is 7.26. The minimum absolute atomic E-state index is 0.331. The molecule has 0 aliphatic rings. The Hall–Kier alpha value is -2.94. The van der Waals surface area contributed by atoms with Crippen LogP contribution < -0.4 is 10.5 Å². The maximum absolute atomic E-state index is 11.4. The first-order chi connectivity index (χ1) is 11.0. The summed E-state index contributed by atoms with van der Waals surface area (Å²) >= 11 is 0. The van der Waals surface area contributed by atoms with Gasteiger partial charge in [-0.15, -0.1) is 0 Å². The molecule has 0 amide bonds. The fourth-order valence-corrected chi connectivity index (χ4v) is 2.19. The number of nitrogen functional groups attached to an aromatic ring is 1. The predicted octanol–water partition coefficient (Wildman–Crippen LogP) is 3.18. The predicted molar refractivity (Wildman–Crippen MR) is 86.3 cm³/mol. The molecule has 6 heteroatoms. The van der Waals surface area contributed by atoms with Crippen molar-refractivity contribution >= 4 is 11.7 Å². The molecule has 2 aromatic rings. The number of anilines is 1. The van der Waals surface area contributed by atoms with Gasteiger partial charge in [0.15, 0.2) is 0 Å². The van der Waals surface area contributed by atoms with E-state index < -0.39 is 5.97 Å². The van der Waals surface area contributed by atoms with Crippen LogP contribution in [0, 0.1) is 17.2 Å². The van der Waals surface area contributed by atoms with Crippen LogP contribution in [0.15, 0.2) is 30.3 Å². The highest BCUT2D eigenvalue weighted by Gasteiger charge is 2.16. The van der Waals surface area contributed by atoms with Crippen molar-refractivity contribution in [3.63, 3.8) is 0 Å². The van der Waals surface area contributed by atoms with Gasteiger partial charge in [-0.3, -0.25) is 0 Å². The van der Waals surface area contributed by atoms with E-state index in [1.165, 1.54) is 7.11 Å². The van der Waals surface area contributed by atoms with Crippen LogP contribution in [0.1, 0.15) is 29.9 Å². The third-order valence-electron chi connectivity index (χ3n) is 3.23. The van der Waals surface area contributed by atoms with Crippen molar-refractivity contribution in [3.05, 3.63) is 41.6 Å². The molecule has 0 radical (unpaired) electrons. The molecular formula is C17H19N3O3. The average molecular weight is 313 g/mol. The molecule has 2 N–H and O–H groups in total. The second-order valence-electron chi connectivity index (χ2n) is 5.52. The standard InChI is InChI=1S/C17H19N3O3/c1-11(2)10-20-13(9-18)8-15(19)16(20)23-14-6-4-12(5-7-14)17(21)22-3/h4-8,11H,10,19H2,1-3H3. The number of methoxy groups -OCH3 is 1. The number of aromatic nitrogens is 1. The molecule has 0 saturated carbocycles. The Morgan fingerprint density at radius 2 is 2.00 bits per heavy atom. The molecule has 0 spiro atoms. The zero-order chi connectivity index (χ0) is 17.0. The molecule has 6 nitrogen and oxygen atoms in total. The maximum atomic E-state index is 11.4. The maximum Gasteiger partial charge on any atom is 0.337 e.